The standard InChI is InChI=1S/C11H18N2O/c12-5-1-2-6-13-7-9-3-4-11(14)10(9)8-13/h9-11,14H,1-4,6-8H2. The molecule has 2 aliphatic rings. The highest BCUT2D eigenvalue weighted by atomic mass is 16.3. The number of nitriles is 1. The predicted molar refractivity (Wildman–Crippen MR) is 53.5 cm³/mol. The highest BCUT2D eigenvalue weighted by Crippen LogP contribution is 2.37. The first kappa shape index (κ1) is 9.95. The molecular formula is C11H18N2O. The molecule has 3 nitrogen and oxygen atoms in total. The topological polar surface area (TPSA) is 47.3 Å². The number of hydrogen-bond acceptors (Lipinski definition) is 3. The Hall–Kier alpha value is -0.590. The van der Waals surface area contributed by atoms with Crippen LogP contribution in [-0.4, -0.2) is 35.7 Å². The first-order valence-electron chi connectivity index (χ1n) is 5.58. The van der Waals surface area contributed by atoms with Crippen molar-refractivity contribution < 1.29 is 5.11 Å². The molecule has 0 amide bonds. The normalized spacial score (nSPS) is 37.0. The first-order valence-corrected chi connectivity index (χ1v) is 5.58. The Kier molecular flexibility index (Phi) is 3.05. The molecule has 0 radical (unpaired) electrons. The Morgan fingerprint density at radius 3 is 2.93 bits per heavy atom. The molecule has 0 aromatic heterocycles. The summed E-state index contributed by atoms with van der Waals surface area (Å²) in [6.45, 7) is 3.23. The number of rotatable bonds is 3. The van der Waals surface area contributed by atoms with Crippen molar-refractivity contribution >= 4 is 0 Å². The fourth-order valence-corrected chi connectivity index (χ4v) is 2.89. The summed E-state index contributed by atoms with van der Waals surface area (Å²) in [6.07, 6.45) is 3.78. The largest absolute Gasteiger partial charge is 0.393 e. The van der Waals surface area contributed by atoms with Crippen LogP contribution in [0.15, 0.2) is 0 Å². The molecule has 78 valence electrons. The minimum atomic E-state index is -0.0547. The summed E-state index contributed by atoms with van der Waals surface area (Å²) in [4.78, 5) is 2.41. The van der Waals surface area contributed by atoms with Crippen LogP contribution in [0.4, 0.5) is 0 Å². The van der Waals surface area contributed by atoms with Gasteiger partial charge >= 0.3 is 0 Å². The second-order valence-electron chi connectivity index (χ2n) is 4.59. The molecule has 2 rings (SSSR count). The van der Waals surface area contributed by atoms with Crippen LogP contribution in [0, 0.1) is 23.2 Å². The van der Waals surface area contributed by atoms with Gasteiger partial charge in [0.1, 0.15) is 0 Å². The molecule has 0 aromatic carbocycles. The monoisotopic (exact) mass is 194 g/mol. The molecule has 1 saturated heterocycles. The molecule has 0 spiro atoms. The van der Waals surface area contributed by atoms with E-state index in [2.05, 4.69) is 11.0 Å². The molecule has 1 saturated carbocycles. The third-order valence-corrected chi connectivity index (χ3v) is 3.66. The summed E-state index contributed by atoms with van der Waals surface area (Å²) in [7, 11) is 0. The number of aliphatic hydroxyl groups is 1. The minimum absolute atomic E-state index is 0.0547. The lowest BCUT2D eigenvalue weighted by molar-refractivity contribution is 0.124. The summed E-state index contributed by atoms with van der Waals surface area (Å²) < 4.78 is 0. The Bertz CT molecular complexity index is 236. The van der Waals surface area contributed by atoms with Gasteiger partial charge in [0.15, 0.2) is 0 Å². The summed E-state index contributed by atoms with van der Waals surface area (Å²) in [5.41, 5.74) is 0. The SMILES string of the molecule is N#CCCCN1CC2CCC(O)C2C1. The zero-order valence-electron chi connectivity index (χ0n) is 8.52. The van der Waals surface area contributed by atoms with E-state index in [0.717, 1.165) is 38.4 Å². The van der Waals surface area contributed by atoms with Gasteiger partial charge in [0.05, 0.1) is 12.2 Å². The van der Waals surface area contributed by atoms with Crippen LogP contribution in [0.1, 0.15) is 25.7 Å². The van der Waals surface area contributed by atoms with Crippen LogP contribution >= 0.6 is 0 Å². The van der Waals surface area contributed by atoms with Gasteiger partial charge in [-0.15, -0.1) is 0 Å². The molecule has 2 fully saturated rings. The predicted octanol–water partition coefficient (Wildman–Crippen LogP) is 0.993. The molecule has 0 bridgehead atoms. The molecular weight excluding hydrogens is 176 g/mol. The van der Waals surface area contributed by atoms with Gasteiger partial charge in [-0.3, -0.25) is 0 Å². The lowest BCUT2D eigenvalue weighted by Crippen LogP contribution is -2.25. The fourth-order valence-electron chi connectivity index (χ4n) is 2.89. The van der Waals surface area contributed by atoms with E-state index >= 15 is 0 Å². The Morgan fingerprint density at radius 1 is 1.36 bits per heavy atom. The Balaban J connectivity index is 1.76. The van der Waals surface area contributed by atoms with Crippen LogP contribution in [0.5, 0.6) is 0 Å². The zero-order valence-corrected chi connectivity index (χ0v) is 8.52. The van der Waals surface area contributed by atoms with Crippen molar-refractivity contribution in [1.82, 2.24) is 4.90 Å². The van der Waals surface area contributed by atoms with Gasteiger partial charge in [-0.05, 0) is 31.7 Å². The van der Waals surface area contributed by atoms with E-state index in [0.29, 0.717) is 12.3 Å². The molecule has 1 N–H and O–H groups in total. The highest BCUT2D eigenvalue weighted by molar-refractivity contribution is 4.93. The molecule has 0 aromatic rings. The van der Waals surface area contributed by atoms with Gasteiger partial charge in [-0.1, -0.05) is 0 Å². The second-order valence-corrected chi connectivity index (χ2v) is 4.59. The molecule has 1 aliphatic carbocycles. The van der Waals surface area contributed by atoms with Crippen molar-refractivity contribution in [2.24, 2.45) is 11.8 Å². The molecule has 14 heavy (non-hydrogen) atoms. The van der Waals surface area contributed by atoms with Crippen LogP contribution < -0.4 is 0 Å². The van der Waals surface area contributed by atoms with Crippen LogP contribution in [-0.2, 0) is 0 Å². The Labute approximate surface area is 85.3 Å². The van der Waals surface area contributed by atoms with E-state index in [9.17, 15) is 5.11 Å². The van der Waals surface area contributed by atoms with Crippen molar-refractivity contribution in [3.63, 3.8) is 0 Å². The van der Waals surface area contributed by atoms with Crippen molar-refractivity contribution in [2.45, 2.75) is 31.8 Å². The van der Waals surface area contributed by atoms with E-state index in [1.54, 1.807) is 0 Å². The molecule has 3 unspecified atom stereocenters. The Morgan fingerprint density at radius 2 is 2.21 bits per heavy atom. The van der Waals surface area contributed by atoms with Crippen molar-refractivity contribution in [3.8, 4) is 6.07 Å². The van der Waals surface area contributed by atoms with Crippen molar-refractivity contribution in [2.75, 3.05) is 19.6 Å². The van der Waals surface area contributed by atoms with Crippen molar-refractivity contribution in [1.29, 1.82) is 5.26 Å². The molecule has 3 atom stereocenters. The van der Waals surface area contributed by atoms with Crippen LogP contribution in [0.3, 0.4) is 0 Å². The van der Waals surface area contributed by atoms with Gasteiger partial charge in [-0.2, -0.15) is 5.26 Å². The van der Waals surface area contributed by atoms with Crippen molar-refractivity contribution in [3.05, 3.63) is 0 Å². The first-order chi connectivity index (χ1) is 6.81. The van der Waals surface area contributed by atoms with Gasteiger partial charge in [0.25, 0.3) is 0 Å². The van der Waals surface area contributed by atoms with E-state index in [4.69, 9.17) is 5.26 Å². The quantitative estimate of drug-likeness (QED) is 0.682. The maximum Gasteiger partial charge on any atom is 0.0622 e. The maximum atomic E-state index is 9.71. The number of likely N-dealkylation sites (tertiary alicyclic amines) is 1. The lowest BCUT2D eigenvalue weighted by atomic mass is 10.00. The third kappa shape index (κ3) is 1.92. The summed E-state index contributed by atoms with van der Waals surface area (Å²) in [6, 6.07) is 2.17. The second kappa shape index (κ2) is 4.29. The van der Waals surface area contributed by atoms with E-state index in [-0.39, 0.29) is 6.10 Å². The summed E-state index contributed by atoms with van der Waals surface area (Å²) >= 11 is 0. The number of nitrogens with zero attached hydrogens (tertiary/aromatic N) is 2. The lowest BCUT2D eigenvalue weighted by Gasteiger charge is -2.16. The highest BCUT2D eigenvalue weighted by Gasteiger charge is 2.41. The van der Waals surface area contributed by atoms with Crippen LogP contribution in [0.25, 0.3) is 0 Å². The smallest absolute Gasteiger partial charge is 0.0622 e. The average Bonchev–Trinajstić information content (AvgIpc) is 2.70. The maximum absolute atomic E-state index is 9.71. The summed E-state index contributed by atoms with van der Waals surface area (Å²) in [5.74, 6) is 1.25. The number of aliphatic hydroxyl groups excluding tert-OH is 1. The van der Waals surface area contributed by atoms with Gasteiger partial charge in [0, 0.05) is 25.4 Å². The number of fused-ring (bicyclic) bond motifs is 1. The third-order valence-electron chi connectivity index (χ3n) is 3.66. The van der Waals surface area contributed by atoms with Gasteiger partial charge in [0.2, 0.25) is 0 Å². The van der Waals surface area contributed by atoms with E-state index in [1.807, 2.05) is 0 Å². The molecule has 1 heterocycles. The van der Waals surface area contributed by atoms with Gasteiger partial charge < -0.3 is 10.0 Å². The molecule has 1 aliphatic heterocycles. The van der Waals surface area contributed by atoms with Crippen LogP contribution in [0.2, 0.25) is 0 Å². The molecule has 3 heteroatoms. The van der Waals surface area contributed by atoms with E-state index in [1.165, 1.54) is 6.42 Å². The average molecular weight is 194 g/mol. The number of unbranched alkanes of at least 4 members (excludes halogenated alkanes) is 1. The fraction of sp³-hybridized carbons (Fsp3) is 0.909. The minimum Gasteiger partial charge on any atom is -0.393 e. The zero-order chi connectivity index (χ0) is 9.97. The van der Waals surface area contributed by atoms with Gasteiger partial charge in [-0.25, -0.2) is 0 Å². The summed E-state index contributed by atoms with van der Waals surface area (Å²) in [5, 5.41) is 18.1. The van der Waals surface area contributed by atoms with E-state index < -0.39 is 0 Å². The number of hydrogen-bond donors (Lipinski definition) is 1.